The fourth-order valence-corrected chi connectivity index (χ4v) is 3.76. The summed E-state index contributed by atoms with van der Waals surface area (Å²) in [4.78, 5) is 18.2. The number of ether oxygens (including phenoxy) is 1. The average Bonchev–Trinajstić information content (AvgIpc) is 3.25. The van der Waals surface area contributed by atoms with Gasteiger partial charge in [-0.25, -0.2) is 4.98 Å². The van der Waals surface area contributed by atoms with E-state index in [1.807, 2.05) is 72.3 Å². The second-order valence-electron chi connectivity index (χ2n) is 6.40. The van der Waals surface area contributed by atoms with E-state index < -0.39 is 0 Å². The van der Waals surface area contributed by atoms with Crippen molar-refractivity contribution in [1.29, 1.82) is 0 Å². The van der Waals surface area contributed by atoms with Crippen LogP contribution in [0.3, 0.4) is 0 Å². The Labute approximate surface area is 161 Å². The van der Waals surface area contributed by atoms with Crippen LogP contribution in [-0.4, -0.2) is 22.4 Å². The number of carbonyl (C=O) groups excluding carboxylic acids is 1. The zero-order valence-corrected chi connectivity index (χ0v) is 16.1. The molecule has 0 unspecified atom stereocenters. The van der Waals surface area contributed by atoms with Crippen molar-refractivity contribution in [2.24, 2.45) is 0 Å². The van der Waals surface area contributed by atoms with Gasteiger partial charge >= 0.3 is 0 Å². The third kappa shape index (κ3) is 3.31. The van der Waals surface area contributed by atoms with Gasteiger partial charge in [-0.05, 0) is 55.3 Å². The molecule has 0 radical (unpaired) electrons. The number of amides is 1. The number of rotatable bonds is 4. The van der Waals surface area contributed by atoms with Crippen molar-refractivity contribution in [2.75, 3.05) is 12.4 Å². The fourth-order valence-electron chi connectivity index (χ4n) is 2.90. The van der Waals surface area contributed by atoms with Gasteiger partial charge in [-0.15, -0.1) is 11.3 Å². The highest BCUT2D eigenvalue weighted by molar-refractivity contribution is 7.15. The van der Waals surface area contributed by atoms with Crippen LogP contribution < -0.4 is 10.1 Å². The van der Waals surface area contributed by atoms with E-state index in [0.717, 1.165) is 38.8 Å². The molecular formula is C21H19N3O2S. The van der Waals surface area contributed by atoms with Crippen molar-refractivity contribution < 1.29 is 9.53 Å². The summed E-state index contributed by atoms with van der Waals surface area (Å²) in [5, 5.41) is 4.85. The summed E-state index contributed by atoms with van der Waals surface area (Å²) in [5.41, 5.74) is 5.34. The van der Waals surface area contributed by atoms with Crippen molar-refractivity contribution in [3.63, 3.8) is 0 Å². The first-order valence-electron chi connectivity index (χ1n) is 8.55. The molecule has 2 heterocycles. The van der Waals surface area contributed by atoms with E-state index >= 15 is 0 Å². The quantitative estimate of drug-likeness (QED) is 0.548. The van der Waals surface area contributed by atoms with Crippen LogP contribution in [0.2, 0.25) is 0 Å². The normalized spacial score (nSPS) is 10.9. The molecule has 4 rings (SSSR count). The van der Waals surface area contributed by atoms with Gasteiger partial charge in [0, 0.05) is 22.8 Å². The Bertz CT molecular complexity index is 1130. The summed E-state index contributed by atoms with van der Waals surface area (Å²) < 4.78 is 7.04. The summed E-state index contributed by atoms with van der Waals surface area (Å²) in [5.74, 6) is 0.655. The molecule has 0 spiro atoms. The zero-order chi connectivity index (χ0) is 19.0. The van der Waals surface area contributed by atoms with Crippen LogP contribution in [0.4, 0.5) is 5.69 Å². The maximum Gasteiger partial charge on any atom is 0.273 e. The van der Waals surface area contributed by atoms with Crippen LogP contribution in [0, 0.1) is 13.8 Å². The number of thiazole rings is 1. The first-order valence-corrected chi connectivity index (χ1v) is 9.43. The van der Waals surface area contributed by atoms with Crippen LogP contribution in [0.1, 0.15) is 21.6 Å². The van der Waals surface area contributed by atoms with E-state index in [4.69, 9.17) is 4.74 Å². The molecule has 0 aliphatic heterocycles. The second kappa shape index (κ2) is 6.89. The summed E-state index contributed by atoms with van der Waals surface area (Å²) in [6, 6.07) is 13.7. The highest BCUT2D eigenvalue weighted by Crippen LogP contribution is 2.26. The first-order chi connectivity index (χ1) is 13.0. The lowest BCUT2D eigenvalue weighted by Gasteiger charge is -2.08. The number of nitrogens with one attached hydrogen (secondary N) is 1. The van der Waals surface area contributed by atoms with Gasteiger partial charge in [0.15, 0.2) is 4.96 Å². The van der Waals surface area contributed by atoms with Crippen LogP contribution in [0.25, 0.3) is 16.2 Å². The molecule has 6 heteroatoms. The Morgan fingerprint density at radius 2 is 1.93 bits per heavy atom. The number of anilines is 1. The van der Waals surface area contributed by atoms with Gasteiger partial charge in [-0.3, -0.25) is 9.20 Å². The third-order valence-corrected chi connectivity index (χ3v) is 5.31. The Hall–Kier alpha value is -3.12. The van der Waals surface area contributed by atoms with E-state index in [1.165, 1.54) is 11.3 Å². The number of benzene rings is 2. The number of aromatic nitrogens is 2. The first kappa shape index (κ1) is 17.3. The smallest absolute Gasteiger partial charge is 0.273 e. The number of hydrogen-bond donors (Lipinski definition) is 1. The SMILES string of the molecule is COc1ccc(-c2cn3c(C(=O)Nc4cc(C)ccc4C)csc3n2)cc1. The topological polar surface area (TPSA) is 55.6 Å². The van der Waals surface area contributed by atoms with Gasteiger partial charge in [0.2, 0.25) is 0 Å². The van der Waals surface area contributed by atoms with Gasteiger partial charge in [-0.1, -0.05) is 12.1 Å². The molecule has 27 heavy (non-hydrogen) atoms. The van der Waals surface area contributed by atoms with Crippen LogP contribution in [-0.2, 0) is 0 Å². The lowest BCUT2D eigenvalue weighted by Crippen LogP contribution is -2.14. The molecule has 0 saturated carbocycles. The Kier molecular flexibility index (Phi) is 4.41. The van der Waals surface area contributed by atoms with Gasteiger partial charge in [-0.2, -0.15) is 0 Å². The van der Waals surface area contributed by atoms with Crippen molar-refractivity contribution in [3.05, 3.63) is 70.9 Å². The molecule has 0 fully saturated rings. The van der Waals surface area contributed by atoms with Crippen molar-refractivity contribution in [1.82, 2.24) is 9.38 Å². The number of fused-ring (bicyclic) bond motifs is 1. The minimum Gasteiger partial charge on any atom is -0.497 e. The maximum atomic E-state index is 12.8. The molecule has 1 N–H and O–H groups in total. The van der Waals surface area contributed by atoms with Gasteiger partial charge < -0.3 is 10.1 Å². The highest BCUT2D eigenvalue weighted by Gasteiger charge is 2.16. The predicted molar refractivity (Wildman–Crippen MR) is 109 cm³/mol. The Balaban J connectivity index is 1.65. The van der Waals surface area contributed by atoms with Crippen molar-refractivity contribution >= 4 is 27.9 Å². The van der Waals surface area contributed by atoms with Gasteiger partial charge in [0.1, 0.15) is 11.4 Å². The standard InChI is InChI=1S/C21H19N3O2S/c1-13-4-5-14(2)17(10-13)22-20(25)19-12-27-21-23-18(11-24(19)21)15-6-8-16(26-3)9-7-15/h4-12H,1-3H3,(H,22,25). The molecule has 0 bridgehead atoms. The molecule has 0 aliphatic rings. The molecular weight excluding hydrogens is 358 g/mol. The number of hydrogen-bond acceptors (Lipinski definition) is 4. The molecule has 0 saturated heterocycles. The molecule has 136 valence electrons. The monoisotopic (exact) mass is 377 g/mol. The molecule has 2 aromatic carbocycles. The largest absolute Gasteiger partial charge is 0.497 e. The molecule has 1 amide bonds. The number of methoxy groups -OCH3 is 1. The van der Waals surface area contributed by atoms with Crippen molar-refractivity contribution in [3.8, 4) is 17.0 Å². The molecule has 4 aromatic rings. The van der Waals surface area contributed by atoms with E-state index in [0.29, 0.717) is 5.69 Å². The maximum absolute atomic E-state index is 12.8. The third-order valence-electron chi connectivity index (χ3n) is 4.47. The van der Waals surface area contributed by atoms with E-state index in [1.54, 1.807) is 7.11 Å². The molecule has 0 atom stereocenters. The van der Waals surface area contributed by atoms with Gasteiger partial charge in [0.05, 0.1) is 12.8 Å². The van der Waals surface area contributed by atoms with E-state index in [2.05, 4.69) is 10.3 Å². The summed E-state index contributed by atoms with van der Waals surface area (Å²) in [7, 11) is 1.64. The summed E-state index contributed by atoms with van der Waals surface area (Å²) in [6.07, 6.45) is 1.89. The second-order valence-corrected chi connectivity index (χ2v) is 7.24. The van der Waals surface area contributed by atoms with Gasteiger partial charge in [0.25, 0.3) is 5.91 Å². The van der Waals surface area contributed by atoms with Crippen molar-refractivity contribution in [2.45, 2.75) is 13.8 Å². The van der Waals surface area contributed by atoms with Crippen LogP contribution in [0.15, 0.2) is 54.0 Å². The fraction of sp³-hybridized carbons (Fsp3) is 0.143. The Morgan fingerprint density at radius 3 is 2.67 bits per heavy atom. The minimum atomic E-state index is -0.145. The molecule has 5 nitrogen and oxygen atoms in total. The zero-order valence-electron chi connectivity index (χ0n) is 15.3. The predicted octanol–water partition coefficient (Wildman–Crippen LogP) is 4.94. The Morgan fingerprint density at radius 1 is 1.15 bits per heavy atom. The average molecular weight is 377 g/mol. The number of carbonyl (C=O) groups is 1. The number of imidazole rings is 1. The van der Waals surface area contributed by atoms with E-state index in [9.17, 15) is 4.79 Å². The number of nitrogens with zero attached hydrogens (tertiary/aromatic N) is 2. The van der Waals surface area contributed by atoms with E-state index in [-0.39, 0.29) is 5.91 Å². The number of aryl methyl sites for hydroxylation is 2. The minimum absolute atomic E-state index is 0.145. The molecule has 2 aromatic heterocycles. The lowest BCUT2D eigenvalue weighted by molar-refractivity contribution is 0.102. The summed E-state index contributed by atoms with van der Waals surface area (Å²) >= 11 is 1.45. The lowest BCUT2D eigenvalue weighted by atomic mass is 10.1. The van der Waals surface area contributed by atoms with Crippen LogP contribution in [0.5, 0.6) is 5.75 Å². The molecule has 0 aliphatic carbocycles. The highest BCUT2D eigenvalue weighted by atomic mass is 32.1. The summed E-state index contributed by atoms with van der Waals surface area (Å²) in [6.45, 7) is 3.99. The van der Waals surface area contributed by atoms with Crippen LogP contribution >= 0.6 is 11.3 Å².